The van der Waals surface area contributed by atoms with Gasteiger partial charge in [-0.15, -0.1) is 0 Å². The summed E-state index contributed by atoms with van der Waals surface area (Å²) in [6.45, 7) is -0.569. The fourth-order valence-electron chi connectivity index (χ4n) is 2.05. The van der Waals surface area contributed by atoms with E-state index in [2.05, 4.69) is 5.32 Å². The van der Waals surface area contributed by atoms with Gasteiger partial charge in [0.25, 0.3) is 5.91 Å². The summed E-state index contributed by atoms with van der Waals surface area (Å²) in [4.78, 5) is 12.0. The van der Waals surface area contributed by atoms with E-state index in [1.54, 1.807) is 30.3 Å². The summed E-state index contributed by atoms with van der Waals surface area (Å²) in [5, 5.41) is 40.6. The first kappa shape index (κ1) is 14.9. The second-order valence-corrected chi connectivity index (χ2v) is 4.60. The molecule has 7 nitrogen and oxygen atoms in total. The molecule has 1 aliphatic heterocycles. The zero-order chi connectivity index (χ0) is 14.7. The Labute approximate surface area is 115 Å². The third-order valence-corrected chi connectivity index (χ3v) is 3.19. The zero-order valence-corrected chi connectivity index (χ0v) is 10.6. The predicted molar refractivity (Wildman–Crippen MR) is 68.8 cm³/mol. The third-order valence-electron chi connectivity index (χ3n) is 3.19. The van der Waals surface area contributed by atoms with Crippen molar-refractivity contribution in [3.05, 3.63) is 30.3 Å². The number of aliphatic hydroxyl groups excluding tert-OH is 4. The Morgan fingerprint density at radius 2 is 1.75 bits per heavy atom. The van der Waals surface area contributed by atoms with Crippen LogP contribution in [-0.2, 0) is 9.53 Å². The highest BCUT2D eigenvalue weighted by molar-refractivity contribution is 5.94. The smallest absolute Gasteiger partial charge is 0.256 e. The third kappa shape index (κ3) is 2.97. The van der Waals surface area contributed by atoms with Gasteiger partial charge in [0.15, 0.2) is 6.10 Å². The maximum absolute atomic E-state index is 12.0. The van der Waals surface area contributed by atoms with Gasteiger partial charge in [-0.25, -0.2) is 0 Å². The second-order valence-electron chi connectivity index (χ2n) is 4.60. The van der Waals surface area contributed by atoms with Gasteiger partial charge in [-0.05, 0) is 12.1 Å². The van der Waals surface area contributed by atoms with E-state index < -0.39 is 43.0 Å². The van der Waals surface area contributed by atoms with Gasteiger partial charge in [-0.2, -0.15) is 0 Å². The summed E-state index contributed by atoms with van der Waals surface area (Å²) >= 11 is 0. The quantitative estimate of drug-likeness (QED) is 0.459. The van der Waals surface area contributed by atoms with E-state index in [9.17, 15) is 20.1 Å². The molecule has 7 heteroatoms. The molecule has 4 unspecified atom stereocenters. The molecule has 1 aliphatic rings. The Morgan fingerprint density at radius 1 is 1.10 bits per heavy atom. The van der Waals surface area contributed by atoms with Crippen molar-refractivity contribution in [1.29, 1.82) is 0 Å². The second kappa shape index (κ2) is 6.29. The highest BCUT2D eigenvalue weighted by Gasteiger charge is 2.46. The van der Waals surface area contributed by atoms with E-state index in [1.807, 2.05) is 0 Å². The molecule has 1 saturated heterocycles. The van der Waals surface area contributed by atoms with Crippen LogP contribution in [0.3, 0.4) is 0 Å². The molecule has 0 saturated carbocycles. The normalized spacial score (nSPS) is 33.7. The number of benzene rings is 1. The van der Waals surface area contributed by atoms with E-state index in [1.165, 1.54) is 0 Å². The maximum Gasteiger partial charge on any atom is 0.256 e. The summed E-state index contributed by atoms with van der Waals surface area (Å²) in [6, 6.07) is 8.54. The van der Waals surface area contributed by atoms with E-state index >= 15 is 0 Å². The van der Waals surface area contributed by atoms with Gasteiger partial charge in [0.1, 0.15) is 24.4 Å². The van der Waals surface area contributed by atoms with Crippen LogP contribution >= 0.6 is 0 Å². The SMILES string of the molecule is O=C(Nc1ccccc1)[C@H]1OC(CO)C(O)C(O)C1O. The van der Waals surface area contributed by atoms with Gasteiger partial charge in [0.05, 0.1) is 6.61 Å². The Balaban J connectivity index is 2.08. The Kier molecular flexibility index (Phi) is 4.69. The molecule has 0 aliphatic carbocycles. The number of hydrogen-bond acceptors (Lipinski definition) is 6. The first-order chi connectivity index (χ1) is 9.54. The molecule has 5 atom stereocenters. The first-order valence-corrected chi connectivity index (χ1v) is 6.21. The van der Waals surface area contributed by atoms with Crippen molar-refractivity contribution in [2.45, 2.75) is 30.5 Å². The van der Waals surface area contributed by atoms with Crippen LogP contribution in [0, 0.1) is 0 Å². The minimum Gasteiger partial charge on any atom is -0.394 e. The molecule has 1 aromatic rings. The molecular formula is C13H17NO6. The summed E-state index contributed by atoms with van der Waals surface area (Å²) in [5.41, 5.74) is 0.509. The molecule has 0 spiro atoms. The van der Waals surface area contributed by atoms with Gasteiger partial charge in [0, 0.05) is 5.69 Å². The van der Waals surface area contributed by atoms with Crippen molar-refractivity contribution >= 4 is 11.6 Å². The summed E-state index contributed by atoms with van der Waals surface area (Å²) in [6.07, 6.45) is -7.08. The highest BCUT2D eigenvalue weighted by atomic mass is 16.5. The van der Waals surface area contributed by atoms with E-state index in [0.717, 1.165) is 0 Å². The average Bonchev–Trinajstić information content (AvgIpc) is 2.46. The van der Waals surface area contributed by atoms with Gasteiger partial charge < -0.3 is 30.5 Å². The van der Waals surface area contributed by atoms with Crippen molar-refractivity contribution in [2.24, 2.45) is 0 Å². The molecular weight excluding hydrogens is 266 g/mol. The first-order valence-electron chi connectivity index (χ1n) is 6.21. The molecule has 0 radical (unpaired) electrons. The van der Waals surface area contributed by atoms with Crippen LogP contribution in [0.15, 0.2) is 30.3 Å². The summed E-state index contributed by atoms with van der Waals surface area (Å²) in [7, 11) is 0. The number of para-hydroxylation sites is 1. The molecule has 110 valence electrons. The summed E-state index contributed by atoms with van der Waals surface area (Å²) in [5.74, 6) is -0.659. The predicted octanol–water partition coefficient (Wildman–Crippen LogP) is -1.53. The minimum absolute atomic E-state index is 0.509. The van der Waals surface area contributed by atoms with Crippen molar-refractivity contribution in [1.82, 2.24) is 0 Å². The molecule has 1 fully saturated rings. The lowest BCUT2D eigenvalue weighted by Gasteiger charge is -2.39. The number of anilines is 1. The van der Waals surface area contributed by atoms with Crippen LogP contribution in [0.5, 0.6) is 0 Å². The lowest BCUT2D eigenvalue weighted by Crippen LogP contribution is -2.61. The number of nitrogens with one attached hydrogen (secondary N) is 1. The highest BCUT2D eigenvalue weighted by Crippen LogP contribution is 2.22. The van der Waals surface area contributed by atoms with E-state index in [0.29, 0.717) is 5.69 Å². The maximum atomic E-state index is 12.0. The molecule has 1 amide bonds. The molecule has 2 rings (SSSR count). The number of amides is 1. The lowest BCUT2D eigenvalue weighted by atomic mass is 9.94. The number of aliphatic hydroxyl groups is 4. The van der Waals surface area contributed by atoms with Gasteiger partial charge in [-0.1, -0.05) is 18.2 Å². The topological polar surface area (TPSA) is 119 Å². The standard InChI is InChI=1S/C13H17NO6/c15-6-8-9(16)10(17)11(18)12(20-8)13(19)14-7-4-2-1-3-5-7/h1-5,8-12,15-18H,6H2,(H,14,19)/t8?,9?,10?,11?,12-/m0/s1. The molecule has 20 heavy (non-hydrogen) atoms. The Hall–Kier alpha value is -1.51. The van der Waals surface area contributed by atoms with Gasteiger partial charge in [0.2, 0.25) is 0 Å². The number of carbonyl (C=O) groups excluding carboxylic acids is 1. The molecule has 0 aromatic heterocycles. The van der Waals surface area contributed by atoms with Crippen molar-refractivity contribution in [3.63, 3.8) is 0 Å². The van der Waals surface area contributed by atoms with E-state index in [4.69, 9.17) is 9.84 Å². The number of rotatable bonds is 3. The monoisotopic (exact) mass is 283 g/mol. The molecule has 1 aromatic carbocycles. The van der Waals surface area contributed by atoms with Crippen LogP contribution in [0.4, 0.5) is 5.69 Å². The minimum atomic E-state index is -1.57. The fourth-order valence-corrected chi connectivity index (χ4v) is 2.05. The van der Waals surface area contributed by atoms with Gasteiger partial charge >= 0.3 is 0 Å². The van der Waals surface area contributed by atoms with Crippen molar-refractivity contribution < 1.29 is 30.0 Å². The molecule has 1 heterocycles. The van der Waals surface area contributed by atoms with E-state index in [-0.39, 0.29) is 0 Å². The Morgan fingerprint density at radius 3 is 2.35 bits per heavy atom. The number of ether oxygens (including phenoxy) is 1. The van der Waals surface area contributed by atoms with Gasteiger partial charge in [-0.3, -0.25) is 4.79 Å². The van der Waals surface area contributed by atoms with Crippen LogP contribution < -0.4 is 5.32 Å². The van der Waals surface area contributed by atoms with Crippen LogP contribution in [-0.4, -0.2) is 63.5 Å². The molecule has 0 bridgehead atoms. The average molecular weight is 283 g/mol. The number of hydrogen-bond donors (Lipinski definition) is 5. The van der Waals surface area contributed by atoms with Crippen molar-refractivity contribution in [2.75, 3.05) is 11.9 Å². The fraction of sp³-hybridized carbons (Fsp3) is 0.462. The zero-order valence-electron chi connectivity index (χ0n) is 10.6. The van der Waals surface area contributed by atoms with Crippen LogP contribution in [0.1, 0.15) is 0 Å². The largest absolute Gasteiger partial charge is 0.394 e. The molecule has 5 N–H and O–H groups in total. The number of carbonyl (C=O) groups is 1. The summed E-state index contributed by atoms with van der Waals surface area (Å²) < 4.78 is 5.14. The van der Waals surface area contributed by atoms with Crippen molar-refractivity contribution in [3.8, 4) is 0 Å². The van der Waals surface area contributed by atoms with Crippen LogP contribution in [0.2, 0.25) is 0 Å². The lowest BCUT2D eigenvalue weighted by molar-refractivity contribution is -0.224. The Bertz CT molecular complexity index is 451. The van der Waals surface area contributed by atoms with Crippen LogP contribution in [0.25, 0.3) is 0 Å².